The first kappa shape index (κ1) is 11.8. The highest BCUT2D eigenvalue weighted by molar-refractivity contribution is 5.95. The van der Waals surface area contributed by atoms with E-state index in [0.717, 1.165) is 19.6 Å². The van der Waals surface area contributed by atoms with E-state index in [0.29, 0.717) is 6.54 Å². The summed E-state index contributed by atoms with van der Waals surface area (Å²) in [6.45, 7) is 3.68. The Morgan fingerprint density at radius 2 is 2.12 bits per heavy atom. The molecule has 0 unspecified atom stereocenters. The van der Waals surface area contributed by atoms with Gasteiger partial charge >= 0.3 is 0 Å². The molecule has 7 heteroatoms. The Labute approximate surface area is 99.3 Å². The fourth-order valence-corrected chi connectivity index (χ4v) is 1.95. The number of rotatable bonds is 4. The summed E-state index contributed by atoms with van der Waals surface area (Å²) in [5.41, 5.74) is 5.48. The monoisotopic (exact) mass is 239 g/mol. The first-order valence-electron chi connectivity index (χ1n) is 5.86. The second-order valence-corrected chi connectivity index (χ2v) is 4.16. The number of carbonyl (C=O) groups excluding carboxylic acids is 1. The molecule has 0 radical (unpaired) electrons. The minimum absolute atomic E-state index is 0.0282. The van der Waals surface area contributed by atoms with Crippen molar-refractivity contribution in [2.24, 2.45) is 0 Å². The van der Waals surface area contributed by atoms with E-state index >= 15 is 0 Å². The lowest BCUT2D eigenvalue weighted by molar-refractivity contribution is 0.0937. The van der Waals surface area contributed by atoms with E-state index in [1.54, 1.807) is 0 Å². The Hall–Kier alpha value is -1.63. The average Bonchev–Trinajstić information content (AvgIpc) is 2.77. The molecule has 2 heterocycles. The van der Waals surface area contributed by atoms with E-state index in [4.69, 9.17) is 5.73 Å². The molecular weight excluding hydrogens is 222 g/mol. The molecule has 0 aliphatic carbocycles. The van der Waals surface area contributed by atoms with E-state index in [-0.39, 0.29) is 17.4 Å². The van der Waals surface area contributed by atoms with Crippen LogP contribution in [0.5, 0.6) is 0 Å². The summed E-state index contributed by atoms with van der Waals surface area (Å²) in [4.78, 5) is 13.9. The van der Waals surface area contributed by atoms with Crippen LogP contribution in [0.3, 0.4) is 0 Å². The second kappa shape index (κ2) is 5.62. The van der Waals surface area contributed by atoms with Gasteiger partial charge in [-0.15, -0.1) is 0 Å². The largest absolute Gasteiger partial charge is 0.379 e. The van der Waals surface area contributed by atoms with Crippen LogP contribution in [0.2, 0.25) is 0 Å². The Morgan fingerprint density at radius 3 is 2.76 bits per heavy atom. The van der Waals surface area contributed by atoms with Crippen molar-refractivity contribution < 1.29 is 9.42 Å². The number of nitrogens with zero attached hydrogens (tertiary/aromatic N) is 3. The van der Waals surface area contributed by atoms with Crippen LogP contribution in [0.25, 0.3) is 0 Å². The van der Waals surface area contributed by atoms with Crippen LogP contribution in [0, 0.1) is 0 Å². The summed E-state index contributed by atoms with van der Waals surface area (Å²) in [7, 11) is 0. The van der Waals surface area contributed by atoms with Gasteiger partial charge in [0.2, 0.25) is 11.5 Å². The molecule has 2 rings (SSSR count). The van der Waals surface area contributed by atoms with Crippen LogP contribution in [-0.4, -0.2) is 47.3 Å². The topological polar surface area (TPSA) is 97.3 Å². The summed E-state index contributed by atoms with van der Waals surface area (Å²) in [5, 5.41) is 9.55. The predicted molar refractivity (Wildman–Crippen MR) is 61.3 cm³/mol. The quantitative estimate of drug-likeness (QED) is 0.759. The molecule has 1 saturated heterocycles. The molecule has 1 amide bonds. The molecule has 1 aromatic rings. The SMILES string of the molecule is Nc1nonc1C(=O)NCCN1CCCCC1. The van der Waals surface area contributed by atoms with E-state index < -0.39 is 0 Å². The molecule has 0 saturated carbocycles. The smallest absolute Gasteiger partial charge is 0.277 e. The maximum Gasteiger partial charge on any atom is 0.277 e. The molecule has 3 N–H and O–H groups in total. The van der Waals surface area contributed by atoms with Gasteiger partial charge < -0.3 is 16.0 Å². The lowest BCUT2D eigenvalue weighted by Gasteiger charge is -2.26. The number of carbonyl (C=O) groups is 1. The number of aromatic nitrogens is 2. The van der Waals surface area contributed by atoms with Crippen LogP contribution in [0.1, 0.15) is 29.8 Å². The molecule has 0 bridgehead atoms. The van der Waals surface area contributed by atoms with Gasteiger partial charge in [-0.3, -0.25) is 4.79 Å². The number of nitrogen functional groups attached to an aromatic ring is 1. The summed E-state index contributed by atoms with van der Waals surface area (Å²) in [6.07, 6.45) is 3.80. The lowest BCUT2D eigenvalue weighted by atomic mass is 10.1. The average molecular weight is 239 g/mol. The maximum atomic E-state index is 11.6. The highest BCUT2D eigenvalue weighted by Gasteiger charge is 2.16. The molecule has 17 heavy (non-hydrogen) atoms. The number of hydrogen-bond acceptors (Lipinski definition) is 6. The van der Waals surface area contributed by atoms with Gasteiger partial charge in [0, 0.05) is 13.1 Å². The first-order chi connectivity index (χ1) is 8.27. The number of amides is 1. The Balaban J connectivity index is 1.71. The summed E-state index contributed by atoms with van der Waals surface area (Å²) >= 11 is 0. The summed E-state index contributed by atoms with van der Waals surface area (Å²) in [6, 6.07) is 0. The van der Waals surface area contributed by atoms with E-state index in [1.807, 2.05) is 0 Å². The highest BCUT2D eigenvalue weighted by atomic mass is 16.6. The fraction of sp³-hybridized carbons (Fsp3) is 0.700. The zero-order valence-electron chi connectivity index (χ0n) is 9.69. The van der Waals surface area contributed by atoms with E-state index in [2.05, 4.69) is 25.2 Å². The van der Waals surface area contributed by atoms with E-state index in [1.165, 1.54) is 19.3 Å². The van der Waals surface area contributed by atoms with Gasteiger partial charge in [-0.1, -0.05) is 6.42 Å². The molecule has 0 aromatic carbocycles. The van der Waals surface area contributed by atoms with Crippen LogP contribution >= 0.6 is 0 Å². The van der Waals surface area contributed by atoms with Crippen LogP contribution in [0.15, 0.2) is 4.63 Å². The molecule has 1 fully saturated rings. The van der Waals surface area contributed by atoms with Crippen molar-refractivity contribution in [3.8, 4) is 0 Å². The Bertz CT molecular complexity index is 373. The fourth-order valence-electron chi connectivity index (χ4n) is 1.95. The van der Waals surface area contributed by atoms with Crippen LogP contribution < -0.4 is 11.1 Å². The summed E-state index contributed by atoms with van der Waals surface area (Å²) < 4.78 is 4.37. The standard InChI is InChI=1S/C10H17N5O2/c11-9-8(13-17-14-9)10(16)12-4-7-15-5-2-1-3-6-15/h1-7H2,(H2,11,14)(H,12,16). The number of likely N-dealkylation sites (tertiary alicyclic amines) is 1. The van der Waals surface area contributed by atoms with Crippen molar-refractivity contribution in [1.82, 2.24) is 20.5 Å². The van der Waals surface area contributed by atoms with Crippen LogP contribution in [-0.2, 0) is 0 Å². The Morgan fingerprint density at radius 1 is 1.35 bits per heavy atom. The van der Waals surface area contributed by atoms with Gasteiger partial charge in [0.15, 0.2) is 0 Å². The molecule has 7 nitrogen and oxygen atoms in total. The minimum Gasteiger partial charge on any atom is -0.379 e. The van der Waals surface area contributed by atoms with Crippen molar-refractivity contribution in [3.05, 3.63) is 5.69 Å². The number of hydrogen-bond donors (Lipinski definition) is 2. The molecule has 1 aliphatic rings. The normalized spacial score (nSPS) is 16.9. The van der Waals surface area contributed by atoms with Gasteiger partial charge in [-0.2, -0.15) is 0 Å². The van der Waals surface area contributed by atoms with Gasteiger partial charge in [-0.05, 0) is 36.2 Å². The van der Waals surface area contributed by atoms with Crippen molar-refractivity contribution in [1.29, 1.82) is 0 Å². The number of piperidine rings is 1. The molecular formula is C10H17N5O2. The van der Waals surface area contributed by atoms with Crippen molar-refractivity contribution >= 4 is 11.7 Å². The minimum atomic E-state index is -0.333. The number of anilines is 1. The van der Waals surface area contributed by atoms with Gasteiger partial charge in [0.25, 0.3) is 5.91 Å². The maximum absolute atomic E-state index is 11.6. The first-order valence-corrected chi connectivity index (χ1v) is 5.86. The second-order valence-electron chi connectivity index (χ2n) is 4.16. The van der Waals surface area contributed by atoms with Gasteiger partial charge in [0.05, 0.1) is 0 Å². The molecule has 1 aliphatic heterocycles. The van der Waals surface area contributed by atoms with E-state index in [9.17, 15) is 4.79 Å². The highest BCUT2D eigenvalue weighted by Crippen LogP contribution is 2.07. The molecule has 1 aromatic heterocycles. The van der Waals surface area contributed by atoms with Crippen LogP contribution in [0.4, 0.5) is 5.82 Å². The molecule has 0 spiro atoms. The molecule has 0 atom stereocenters. The Kier molecular flexibility index (Phi) is 3.92. The van der Waals surface area contributed by atoms with Crippen molar-refractivity contribution in [2.45, 2.75) is 19.3 Å². The van der Waals surface area contributed by atoms with Crippen molar-refractivity contribution in [2.75, 3.05) is 31.9 Å². The zero-order chi connectivity index (χ0) is 12.1. The van der Waals surface area contributed by atoms with Gasteiger partial charge in [-0.25, -0.2) is 4.63 Å². The summed E-state index contributed by atoms with van der Waals surface area (Å²) in [5.74, 6) is -0.304. The number of nitrogens with two attached hydrogens (primary N) is 1. The van der Waals surface area contributed by atoms with Crippen molar-refractivity contribution in [3.63, 3.8) is 0 Å². The lowest BCUT2D eigenvalue weighted by Crippen LogP contribution is -2.37. The third-order valence-electron chi connectivity index (χ3n) is 2.89. The predicted octanol–water partition coefficient (Wildman–Crippen LogP) is -0.133. The third kappa shape index (κ3) is 3.16. The zero-order valence-corrected chi connectivity index (χ0v) is 9.69. The number of nitrogens with one attached hydrogen (secondary N) is 1. The third-order valence-corrected chi connectivity index (χ3v) is 2.89. The van der Waals surface area contributed by atoms with Gasteiger partial charge in [0.1, 0.15) is 0 Å². The molecule has 94 valence electrons.